The minimum absolute atomic E-state index is 0.0776. The summed E-state index contributed by atoms with van der Waals surface area (Å²) in [6.45, 7) is 5.40. The van der Waals surface area contributed by atoms with Crippen molar-refractivity contribution >= 4 is 0 Å². The van der Waals surface area contributed by atoms with E-state index in [1.807, 2.05) is 6.92 Å². The van der Waals surface area contributed by atoms with Crippen molar-refractivity contribution in [3.63, 3.8) is 0 Å². The molecule has 2 unspecified atom stereocenters. The minimum atomic E-state index is -0.517. The van der Waals surface area contributed by atoms with Crippen LogP contribution < -0.4 is 5.32 Å². The van der Waals surface area contributed by atoms with Gasteiger partial charge in [0.1, 0.15) is 11.6 Å². The number of benzene rings is 1. The number of piperidine rings is 3. The Kier molecular flexibility index (Phi) is 3.54. The van der Waals surface area contributed by atoms with Gasteiger partial charge in [-0.2, -0.15) is 0 Å². The van der Waals surface area contributed by atoms with E-state index in [9.17, 15) is 8.78 Å². The number of nitrogens with one attached hydrogen (secondary N) is 1. The largest absolute Gasteiger partial charge is 0.306 e. The van der Waals surface area contributed by atoms with Gasteiger partial charge in [-0.25, -0.2) is 8.78 Å². The average molecular weight is 266 g/mol. The van der Waals surface area contributed by atoms with Gasteiger partial charge in [-0.05, 0) is 44.8 Å². The van der Waals surface area contributed by atoms with E-state index in [-0.39, 0.29) is 6.04 Å². The molecule has 3 saturated heterocycles. The standard InChI is InChI=1S/C15H20F2N2/c1-10(13-3-2-12(16)8-14(13)17)18-15-9-19-6-4-11(15)5-7-19/h2-3,8,10-11,15,18H,4-7,9H2,1H3. The van der Waals surface area contributed by atoms with Crippen molar-refractivity contribution in [2.24, 2.45) is 5.92 Å². The second-order valence-corrected chi connectivity index (χ2v) is 5.80. The van der Waals surface area contributed by atoms with Gasteiger partial charge in [-0.1, -0.05) is 6.07 Å². The van der Waals surface area contributed by atoms with E-state index in [0.29, 0.717) is 17.5 Å². The summed E-state index contributed by atoms with van der Waals surface area (Å²) in [5.74, 6) is -0.270. The van der Waals surface area contributed by atoms with Gasteiger partial charge in [0.05, 0.1) is 0 Å². The van der Waals surface area contributed by atoms with Gasteiger partial charge < -0.3 is 10.2 Å². The van der Waals surface area contributed by atoms with Gasteiger partial charge in [-0.3, -0.25) is 0 Å². The monoisotopic (exact) mass is 266 g/mol. The van der Waals surface area contributed by atoms with Gasteiger partial charge in [0.15, 0.2) is 0 Å². The third-order valence-corrected chi connectivity index (χ3v) is 4.55. The Hall–Kier alpha value is -1.00. The lowest BCUT2D eigenvalue weighted by Crippen LogP contribution is -2.56. The summed E-state index contributed by atoms with van der Waals surface area (Å²) in [6, 6.07) is 4.19. The van der Waals surface area contributed by atoms with Crippen LogP contribution in [0.3, 0.4) is 0 Å². The van der Waals surface area contributed by atoms with Crippen LogP contribution in [-0.2, 0) is 0 Å². The van der Waals surface area contributed by atoms with Crippen LogP contribution in [0.25, 0.3) is 0 Å². The highest BCUT2D eigenvalue weighted by Gasteiger charge is 2.34. The third-order valence-electron chi connectivity index (χ3n) is 4.55. The fourth-order valence-electron chi connectivity index (χ4n) is 3.42. The molecule has 0 aromatic heterocycles. The molecule has 0 spiro atoms. The molecule has 0 amide bonds. The molecule has 19 heavy (non-hydrogen) atoms. The SMILES string of the molecule is CC(NC1CN2CCC1CC2)c1ccc(F)cc1F. The fourth-order valence-corrected chi connectivity index (χ4v) is 3.42. The minimum Gasteiger partial charge on any atom is -0.306 e. The first-order chi connectivity index (χ1) is 9.13. The lowest BCUT2D eigenvalue weighted by Gasteiger charge is -2.46. The lowest BCUT2D eigenvalue weighted by atomic mass is 9.83. The summed E-state index contributed by atoms with van der Waals surface area (Å²) in [6.07, 6.45) is 2.46. The first-order valence-electron chi connectivity index (χ1n) is 7.07. The normalized spacial score (nSPS) is 31.4. The van der Waals surface area contributed by atoms with Crippen LogP contribution >= 0.6 is 0 Å². The van der Waals surface area contributed by atoms with Crippen LogP contribution in [0, 0.1) is 17.6 Å². The Morgan fingerprint density at radius 1 is 1.26 bits per heavy atom. The van der Waals surface area contributed by atoms with Gasteiger partial charge in [0.25, 0.3) is 0 Å². The maximum absolute atomic E-state index is 13.8. The molecule has 3 aliphatic heterocycles. The van der Waals surface area contributed by atoms with Crippen molar-refractivity contribution in [3.05, 3.63) is 35.4 Å². The Morgan fingerprint density at radius 3 is 2.58 bits per heavy atom. The summed E-state index contributed by atoms with van der Waals surface area (Å²) in [5.41, 5.74) is 0.554. The van der Waals surface area contributed by atoms with Gasteiger partial charge in [0, 0.05) is 30.3 Å². The van der Waals surface area contributed by atoms with E-state index < -0.39 is 11.6 Å². The predicted molar refractivity (Wildman–Crippen MR) is 70.9 cm³/mol. The molecule has 1 aromatic carbocycles. The van der Waals surface area contributed by atoms with Crippen LogP contribution in [0.1, 0.15) is 31.4 Å². The second kappa shape index (κ2) is 5.17. The molecule has 3 heterocycles. The predicted octanol–water partition coefficient (Wildman–Crippen LogP) is 2.71. The highest BCUT2D eigenvalue weighted by atomic mass is 19.1. The Labute approximate surface area is 112 Å². The molecule has 104 valence electrons. The molecule has 4 rings (SSSR count). The number of rotatable bonds is 3. The van der Waals surface area contributed by atoms with E-state index in [1.54, 1.807) is 6.07 Å². The summed E-state index contributed by atoms with van der Waals surface area (Å²) in [5, 5.41) is 3.52. The molecule has 3 aliphatic rings. The van der Waals surface area contributed by atoms with Gasteiger partial charge in [0.2, 0.25) is 0 Å². The van der Waals surface area contributed by atoms with Crippen LogP contribution in [0.5, 0.6) is 0 Å². The van der Waals surface area contributed by atoms with E-state index in [2.05, 4.69) is 10.2 Å². The van der Waals surface area contributed by atoms with Gasteiger partial charge >= 0.3 is 0 Å². The quantitative estimate of drug-likeness (QED) is 0.905. The number of hydrogen-bond acceptors (Lipinski definition) is 2. The zero-order valence-corrected chi connectivity index (χ0v) is 11.2. The highest BCUT2D eigenvalue weighted by Crippen LogP contribution is 2.29. The first-order valence-corrected chi connectivity index (χ1v) is 7.07. The summed E-state index contributed by atoms with van der Waals surface area (Å²) in [7, 11) is 0. The highest BCUT2D eigenvalue weighted by molar-refractivity contribution is 5.22. The molecule has 4 heteroatoms. The Bertz CT molecular complexity index is 455. The number of fused-ring (bicyclic) bond motifs is 3. The lowest BCUT2D eigenvalue weighted by molar-refractivity contribution is 0.0678. The maximum atomic E-state index is 13.8. The molecule has 3 fully saturated rings. The zero-order chi connectivity index (χ0) is 13.4. The van der Waals surface area contributed by atoms with E-state index in [1.165, 1.54) is 32.0 Å². The van der Waals surface area contributed by atoms with Crippen molar-refractivity contribution < 1.29 is 8.78 Å². The summed E-state index contributed by atoms with van der Waals surface area (Å²) in [4.78, 5) is 2.46. The molecule has 1 N–H and O–H groups in total. The molecule has 0 aliphatic carbocycles. The molecule has 2 bridgehead atoms. The molecule has 0 radical (unpaired) electrons. The van der Waals surface area contributed by atoms with Crippen molar-refractivity contribution in [1.82, 2.24) is 10.2 Å². The summed E-state index contributed by atoms with van der Waals surface area (Å²) >= 11 is 0. The van der Waals surface area contributed by atoms with Crippen LogP contribution in [-0.4, -0.2) is 30.6 Å². The van der Waals surface area contributed by atoms with Crippen molar-refractivity contribution in [1.29, 1.82) is 0 Å². The number of nitrogens with zero attached hydrogens (tertiary/aromatic N) is 1. The zero-order valence-electron chi connectivity index (χ0n) is 11.2. The molecule has 2 atom stereocenters. The third kappa shape index (κ3) is 2.65. The van der Waals surface area contributed by atoms with Crippen molar-refractivity contribution in [3.8, 4) is 0 Å². The van der Waals surface area contributed by atoms with Crippen LogP contribution in [0.4, 0.5) is 8.78 Å². The van der Waals surface area contributed by atoms with Crippen molar-refractivity contribution in [2.45, 2.75) is 31.8 Å². The fraction of sp³-hybridized carbons (Fsp3) is 0.600. The Morgan fingerprint density at radius 2 is 2.00 bits per heavy atom. The van der Waals surface area contributed by atoms with Crippen molar-refractivity contribution in [2.75, 3.05) is 19.6 Å². The average Bonchev–Trinajstić information content (AvgIpc) is 2.39. The van der Waals surface area contributed by atoms with E-state index in [4.69, 9.17) is 0 Å². The number of halogens is 2. The van der Waals surface area contributed by atoms with E-state index >= 15 is 0 Å². The van der Waals surface area contributed by atoms with E-state index in [0.717, 1.165) is 12.6 Å². The molecular formula is C15H20F2N2. The Balaban J connectivity index is 1.69. The topological polar surface area (TPSA) is 15.3 Å². The number of hydrogen-bond donors (Lipinski definition) is 1. The molecule has 0 saturated carbocycles. The van der Waals surface area contributed by atoms with Gasteiger partial charge in [-0.15, -0.1) is 0 Å². The van der Waals surface area contributed by atoms with Crippen LogP contribution in [0.15, 0.2) is 18.2 Å². The smallest absolute Gasteiger partial charge is 0.130 e. The van der Waals surface area contributed by atoms with Crippen LogP contribution in [0.2, 0.25) is 0 Å². The molecule has 2 nitrogen and oxygen atoms in total. The second-order valence-electron chi connectivity index (χ2n) is 5.80. The summed E-state index contributed by atoms with van der Waals surface area (Å²) < 4.78 is 26.7. The molecule has 1 aromatic rings. The molecular weight excluding hydrogens is 246 g/mol. The first kappa shape index (κ1) is 13.0. The maximum Gasteiger partial charge on any atom is 0.130 e.